The van der Waals surface area contributed by atoms with Crippen molar-refractivity contribution in [2.45, 2.75) is 38.0 Å². The van der Waals surface area contributed by atoms with Gasteiger partial charge >= 0.3 is 12.3 Å². The third kappa shape index (κ3) is 6.38. The fourth-order valence-electron chi connectivity index (χ4n) is 4.97. The molecule has 0 unspecified atom stereocenters. The van der Waals surface area contributed by atoms with Gasteiger partial charge in [0.2, 0.25) is 0 Å². The Hall–Kier alpha value is -3.54. The molecule has 39 heavy (non-hydrogen) atoms. The summed E-state index contributed by atoms with van der Waals surface area (Å²) < 4.78 is 85.3. The average molecular weight is 556 g/mol. The molecule has 0 spiro atoms. The molecule has 1 aromatic heterocycles. The minimum absolute atomic E-state index is 0.0687. The molecule has 0 bridgehead atoms. The quantitative estimate of drug-likeness (QED) is 0.249. The third-order valence-electron chi connectivity index (χ3n) is 6.63. The Morgan fingerprint density at radius 3 is 2.62 bits per heavy atom. The number of aromatic amines is 1. The second-order valence-corrected chi connectivity index (χ2v) is 9.25. The molecule has 2 atom stereocenters. The lowest BCUT2D eigenvalue weighted by Crippen LogP contribution is -2.47. The molecule has 7 nitrogen and oxygen atoms in total. The predicted molar refractivity (Wildman–Crippen MR) is 134 cm³/mol. The van der Waals surface area contributed by atoms with Gasteiger partial charge in [0.05, 0.1) is 31.9 Å². The van der Waals surface area contributed by atoms with Crippen LogP contribution in [0.3, 0.4) is 0 Å². The van der Waals surface area contributed by atoms with Gasteiger partial charge in [-0.3, -0.25) is 9.29 Å². The molecule has 0 aliphatic carbocycles. The third-order valence-corrected chi connectivity index (χ3v) is 6.63. The first-order valence-electron chi connectivity index (χ1n) is 12.5. The van der Waals surface area contributed by atoms with Crippen molar-refractivity contribution in [1.29, 1.82) is 0 Å². The van der Waals surface area contributed by atoms with Gasteiger partial charge in [0.15, 0.2) is 11.6 Å². The van der Waals surface area contributed by atoms with E-state index in [2.05, 4.69) is 10.3 Å². The van der Waals surface area contributed by atoms with Gasteiger partial charge in [0, 0.05) is 29.2 Å². The molecule has 0 radical (unpaired) electrons. The highest BCUT2D eigenvalue weighted by molar-refractivity contribution is 5.85. The first kappa shape index (κ1) is 28.5. The topological polar surface area (TPSA) is 75.8 Å². The smallest absolute Gasteiger partial charge is 0.407 e. The van der Waals surface area contributed by atoms with E-state index in [4.69, 9.17) is 14.2 Å². The lowest BCUT2D eigenvalue weighted by molar-refractivity contribution is -0.155. The van der Waals surface area contributed by atoms with Crippen LogP contribution in [-0.4, -0.2) is 68.3 Å². The number of aromatic nitrogens is 1. The number of nitrogens with zero attached hydrogens (tertiary/aromatic N) is 1. The molecule has 0 fully saturated rings. The van der Waals surface area contributed by atoms with Crippen LogP contribution in [-0.2, 0) is 11.2 Å². The second kappa shape index (κ2) is 12.1. The highest BCUT2D eigenvalue weighted by atomic mass is 19.4. The molecule has 2 heterocycles. The summed E-state index contributed by atoms with van der Waals surface area (Å²) in [5.74, 6) is -1.04. The molecular formula is C27H30F5N3O4. The Morgan fingerprint density at radius 2 is 1.90 bits per heavy atom. The number of fused-ring (bicyclic) bond motifs is 3. The summed E-state index contributed by atoms with van der Waals surface area (Å²) in [7, 11) is 1.32. The molecule has 1 aliphatic heterocycles. The normalized spacial score (nSPS) is 17.6. The van der Waals surface area contributed by atoms with Crippen LogP contribution in [0.15, 0.2) is 36.4 Å². The minimum Gasteiger partial charge on any atom is -0.496 e. The lowest BCUT2D eigenvalue weighted by atomic mass is 9.87. The van der Waals surface area contributed by atoms with Crippen molar-refractivity contribution in [3.8, 4) is 11.5 Å². The molecule has 2 aromatic carbocycles. The van der Waals surface area contributed by atoms with E-state index < -0.39 is 43.4 Å². The Bertz CT molecular complexity index is 1300. The molecule has 1 aliphatic rings. The average Bonchev–Trinajstić information content (AvgIpc) is 3.25. The van der Waals surface area contributed by atoms with Crippen LogP contribution in [0.5, 0.6) is 11.5 Å². The van der Waals surface area contributed by atoms with Crippen molar-refractivity contribution in [3.05, 3.63) is 59.0 Å². The van der Waals surface area contributed by atoms with Gasteiger partial charge in [-0.1, -0.05) is 18.2 Å². The number of ether oxygens (including phenoxy) is 3. The maximum absolute atomic E-state index is 16.1. The molecule has 0 saturated carbocycles. The van der Waals surface area contributed by atoms with E-state index in [1.54, 1.807) is 6.92 Å². The number of alkyl carbamates (subject to hydrolysis) is 1. The van der Waals surface area contributed by atoms with Gasteiger partial charge in [-0.05, 0) is 43.5 Å². The number of carbonyl (C=O) groups excluding carboxylic acids is 1. The van der Waals surface area contributed by atoms with Crippen LogP contribution in [0, 0.1) is 5.82 Å². The Balaban J connectivity index is 1.68. The van der Waals surface area contributed by atoms with Crippen LogP contribution in [0.25, 0.3) is 10.9 Å². The minimum atomic E-state index is -4.53. The second-order valence-electron chi connectivity index (χ2n) is 9.25. The summed E-state index contributed by atoms with van der Waals surface area (Å²) >= 11 is 0. The highest BCUT2D eigenvalue weighted by Crippen LogP contribution is 2.46. The number of para-hydroxylation sites is 1. The molecule has 0 saturated heterocycles. The maximum atomic E-state index is 16.1. The zero-order valence-corrected chi connectivity index (χ0v) is 21.5. The maximum Gasteiger partial charge on any atom is 0.407 e. The Morgan fingerprint density at radius 1 is 1.15 bits per heavy atom. The number of alkyl halides is 4. The number of H-pyrrole nitrogens is 1. The van der Waals surface area contributed by atoms with E-state index in [1.807, 2.05) is 24.3 Å². The van der Waals surface area contributed by atoms with E-state index in [0.717, 1.165) is 16.5 Å². The van der Waals surface area contributed by atoms with E-state index in [0.29, 0.717) is 12.1 Å². The Labute approximate surface area is 222 Å². The molecule has 1 amide bonds. The molecule has 3 aromatic rings. The standard InChI is InChI=1S/C27H30F5N3O4/c1-16-14-18-17-6-3-4-7-19(17)34-24(18)25(35(16)15-27(30,31)32)22-20(37-2)8-9-21(23(22)29)38-12-13-39-26(36)33-11-5-10-28/h3-4,6-9,16,25,34H,5,10-15H2,1-2H3,(H,33,36)/t16-,25-/m1/s1. The van der Waals surface area contributed by atoms with E-state index in [1.165, 1.54) is 24.1 Å². The van der Waals surface area contributed by atoms with Crippen LogP contribution in [0.1, 0.15) is 36.2 Å². The Kier molecular flexibility index (Phi) is 8.83. The van der Waals surface area contributed by atoms with Crippen molar-refractivity contribution in [1.82, 2.24) is 15.2 Å². The number of hydrogen-bond donors (Lipinski definition) is 2. The van der Waals surface area contributed by atoms with Crippen LogP contribution in [0.4, 0.5) is 26.7 Å². The molecule has 12 heteroatoms. The molecule has 4 rings (SSSR count). The van der Waals surface area contributed by atoms with Gasteiger partial charge in [-0.15, -0.1) is 0 Å². The van der Waals surface area contributed by atoms with E-state index >= 15 is 4.39 Å². The van der Waals surface area contributed by atoms with Crippen molar-refractivity contribution < 1.29 is 41.0 Å². The summed E-state index contributed by atoms with van der Waals surface area (Å²) in [6.45, 7) is -0.491. The monoisotopic (exact) mass is 555 g/mol. The summed E-state index contributed by atoms with van der Waals surface area (Å²) in [6, 6.07) is 8.40. The fourth-order valence-corrected chi connectivity index (χ4v) is 4.97. The van der Waals surface area contributed by atoms with Gasteiger partial charge in [0.1, 0.15) is 19.0 Å². The number of hydrogen-bond acceptors (Lipinski definition) is 5. The van der Waals surface area contributed by atoms with E-state index in [-0.39, 0.29) is 43.2 Å². The number of carbonyl (C=O) groups is 1. The number of benzene rings is 2. The fraction of sp³-hybridized carbons (Fsp3) is 0.444. The van der Waals surface area contributed by atoms with Crippen LogP contribution >= 0.6 is 0 Å². The van der Waals surface area contributed by atoms with Crippen LogP contribution < -0.4 is 14.8 Å². The van der Waals surface area contributed by atoms with Gasteiger partial charge in [0.25, 0.3) is 0 Å². The highest BCUT2D eigenvalue weighted by Gasteiger charge is 2.44. The number of rotatable bonds is 10. The van der Waals surface area contributed by atoms with Gasteiger partial charge in [-0.2, -0.15) is 13.2 Å². The number of halogens is 5. The largest absolute Gasteiger partial charge is 0.496 e. The van der Waals surface area contributed by atoms with Crippen molar-refractivity contribution in [3.63, 3.8) is 0 Å². The van der Waals surface area contributed by atoms with Gasteiger partial charge < -0.3 is 24.5 Å². The SMILES string of the molecule is COc1ccc(OCCOC(=O)NCCCF)c(F)c1[C@@H]1c2[nH]c3ccccc3c2C[C@@H](C)N1CC(F)(F)F. The number of nitrogens with one attached hydrogen (secondary N) is 2. The zero-order valence-electron chi connectivity index (χ0n) is 21.5. The first-order valence-corrected chi connectivity index (χ1v) is 12.5. The molecule has 212 valence electrons. The summed E-state index contributed by atoms with van der Waals surface area (Å²) in [6.07, 6.45) is -4.81. The van der Waals surface area contributed by atoms with Crippen LogP contribution in [0.2, 0.25) is 0 Å². The van der Waals surface area contributed by atoms with Gasteiger partial charge in [-0.25, -0.2) is 9.18 Å². The number of amides is 1. The predicted octanol–water partition coefficient (Wildman–Crippen LogP) is 5.68. The molecule has 2 N–H and O–H groups in total. The summed E-state index contributed by atoms with van der Waals surface area (Å²) in [5, 5.41) is 3.23. The zero-order chi connectivity index (χ0) is 28.2. The van der Waals surface area contributed by atoms with E-state index in [9.17, 15) is 22.4 Å². The van der Waals surface area contributed by atoms with Crippen molar-refractivity contribution in [2.75, 3.05) is 40.1 Å². The van der Waals surface area contributed by atoms with Crippen molar-refractivity contribution in [2.24, 2.45) is 0 Å². The first-order chi connectivity index (χ1) is 18.6. The summed E-state index contributed by atoms with van der Waals surface area (Å²) in [5.41, 5.74) is 1.92. The molecular weight excluding hydrogens is 525 g/mol. The lowest BCUT2D eigenvalue weighted by Gasteiger charge is -2.41. The van der Waals surface area contributed by atoms with Crippen molar-refractivity contribution >= 4 is 17.0 Å². The summed E-state index contributed by atoms with van der Waals surface area (Å²) in [4.78, 5) is 16.0. The number of methoxy groups -OCH3 is 1.